The number of halogens is 5. The monoisotopic (exact) mass is 547 g/mol. The highest BCUT2D eigenvalue weighted by Crippen LogP contribution is 2.40. The maximum absolute atomic E-state index is 14.7. The zero-order chi connectivity index (χ0) is 27.1. The summed E-state index contributed by atoms with van der Waals surface area (Å²) in [6.45, 7) is 3.53. The molecule has 38 heavy (non-hydrogen) atoms. The van der Waals surface area contributed by atoms with Crippen molar-refractivity contribution in [1.29, 1.82) is 0 Å². The molecule has 0 atom stereocenters. The molecule has 0 spiro atoms. The molecule has 2 aromatic heterocycles. The summed E-state index contributed by atoms with van der Waals surface area (Å²) in [5.74, 6) is -6.84. The van der Waals surface area contributed by atoms with Crippen LogP contribution in [0, 0.1) is 34.7 Å². The summed E-state index contributed by atoms with van der Waals surface area (Å²) in [6.07, 6.45) is 5.21. The van der Waals surface area contributed by atoms with Crippen LogP contribution >= 0.6 is 8.19 Å². The van der Waals surface area contributed by atoms with Crippen LogP contribution < -0.4 is 4.90 Å². The van der Waals surface area contributed by atoms with Crippen molar-refractivity contribution in [3.05, 3.63) is 68.8 Å². The Morgan fingerprint density at radius 1 is 0.921 bits per heavy atom. The maximum Gasteiger partial charge on any atom is 0.233 e. The van der Waals surface area contributed by atoms with Crippen molar-refractivity contribution in [3.8, 4) is 11.3 Å². The quantitative estimate of drug-likeness (QED) is 0.196. The minimum Gasteiger partial charge on any atom is -0.290 e. The molecule has 1 aliphatic heterocycles. The van der Waals surface area contributed by atoms with Gasteiger partial charge in [0.15, 0.2) is 29.1 Å². The number of carbonyl (C=O) groups is 1. The molecule has 3 aliphatic rings. The largest absolute Gasteiger partial charge is 0.290 e. The van der Waals surface area contributed by atoms with E-state index in [1.807, 2.05) is 13.8 Å². The summed E-state index contributed by atoms with van der Waals surface area (Å²) < 4.78 is 70.7. The van der Waals surface area contributed by atoms with Crippen molar-refractivity contribution in [2.24, 2.45) is 5.92 Å². The highest BCUT2D eigenvalue weighted by Gasteiger charge is 2.36. The summed E-state index contributed by atoms with van der Waals surface area (Å²) in [5, 5.41) is 0.925. The molecular formula is C28H27F5N3OP. The van der Waals surface area contributed by atoms with Crippen LogP contribution in [0.25, 0.3) is 11.3 Å². The first kappa shape index (κ1) is 26.7. The zero-order valence-electron chi connectivity index (χ0n) is 21.2. The van der Waals surface area contributed by atoms with Gasteiger partial charge in [-0.2, -0.15) is 0 Å². The second-order valence-corrected chi connectivity index (χ2v) is 10.8. The van der Waals surface area contributed by atoms with Gasteiger partial charge < -0.3 is 0 Å². The molecule has 200 valence electrons. The van der Waals surface area contributed by atoms with E-state index in [2.05, 4.69) is 0 Å². The van der Waals surface area contributed by atoms with E-state index in [1.165, 1.54) is 11.0 Å². The van der Waals surface area contributed by atoms with Crippen LogP contribution in [0.3, 0.4) is 0 Å². The Balaban J connectivity index is 0.00000144. The number of hydrogen-bond donors (Lipinski definition) is 0. The van der Waals surface area contributed by atoms with Gasteiger partial charge >= 0.3 is 0 Å². The molecule has 1 amide bonds. The molecule has 1 saturated carbocycles. The minimum absolute atomic E-state index is 0.233. The predicted molar refractivity (Wildman–Crippen MR) is 136 cm³/mol. The third-order valence-corrected chi connectivity index (χ3v) is 8.54. The van der Waals surface area contributed by atoms with Crippen LogP contribution in [0.2, 0.25) is 0 Å². The summed E-state index contributed by atoms with van der Waals surface area (Å²) >= 11 is 0. The standard InChI is InChI=1S/C26H21F5N3OP.C2H6/c27-19-8-5-13-18(36-19)7-6-16-25(13)32-17(9-12-3-1-2-4-12)26(33-16)34-11-15-14(10-20(34)35)21(28)23(30)24(31)22(15)29;1-2/h5,8,12H,1-4,6-7,9-11H2;1-2H3. The van der Waals surface area contributed by atoms with Gasteiger partial charge in [-0.25, -0.2) is 31.9 Å². The molecule has 0 unspecified atom stereocenters. The first-order valence-corrected chi connectivity index (χ1v) is 13.9. The van der Waals surface area contributed by atoms with Crippen molar-refractivity contribution >= 4 is 19.9 Å². The normalized spacial score (nSPS) is 16.7. The van der Waals surface area contributed by atoms with Crippen molar-refractivity contribution < 1.29 is 26.7 Å². The van der Waals surface area contributed by atoms with Gasteiger partial charge in [-0.15, -0.1) is 0 Å². The molecule has 0 saturated heterocycles. The molecule has 1 fully saturated rings. The first-order valence-electron chi connectivity index (χ1n) is 13.0. The molecule has 2 aliphatic carbocycles. The van der Waals surface area contributed by atoms with Gasteiger partial charge in [0.2, 0.25) is 5.91 Å². The SMILES string of the molecule is CC.O=C1Cc2c(F)c(F)c(F)c(F)c2CN1c1nc2c(nc1CC1CCCC1)-c1ccc(F)pc1CC2. The molecule has 1 aromatic carbocycles. The molecular weight excluding hydrogens is 520 g/mol. The number of benzene rings is 1. The predicted octanol–water partition coefficient (Wildman–Crippen LogP) is 7.37. The highest BCUT2D eigenvalue weighted by atomic mass is 31.0. The topological polar surface area (TPSA) is 46.1 Å². The number of fused-ring (bicyclic) bond motifs is 4. The number of nitrogens with zero attached hydrogens (tertiary/aromatic N) is 3. The molecule has 0 bridgehead atoms. The molecule has 4 nitrogen and oxygen atoms in total. The van der Waals surface area contributed by atoms with E-state index in [0.717, 1.165) is 36.5 Å². The van der Waals surface area contributed by atoms with Crippen LogP contribution in [-0.4, -0.2) is 15.9 Å². The Morgan fingerprint density at radius 3 is 2.32 bits per heavy atom. The Morgan fingerprint density at radius 2 is 1.61 bits per heavy atom. The van der Waals surface area contributed by atoms with E-state index in [4.69, 9.17) is 9.97 Å². The minimum atomic E-state index is -1.92. The van der Waals surface area contributed by atoms with Crippen molar-refractivity contribution in [3.63, 3.8) is 0 Å². The number of hydrogen-bond acceptors (Lipinski definition) is 3. The van der Waals surface area contributed by atoms with Crippen LogP contribution in [0.4, 0.5) is 27.8 Å². The fraction of sp³-hybridized carbons (Fsp3) is 0.429. The van der Waals surface area contributed by atoms with E-state index < -0.39 is 47.7 Å². The fourth-order valence-electron chi connectivity index (χ4n) is 5.60. The molecule has 3 aromatic rings. The molecule has 10 heteroatoms. The third kappa shape index (κ3) is 4.59. The highest BCUT2D eigenvalue weighted by molar-refractivity contribution is 7.30. The van der Waals surface area contributed by atoms with E-state index in [1.54, 1.807) is 6.07 Å². The average molecular weight is 548 g/mol. The van der Waals surface area contributed by atoms with Crippen molar-refractivity contribution in [1.82, 2.24) is 9.97 Å². The second-order valence-electron chi connectivity index (χ2n) is 9.64. The lowest BCUT2D eigenvalue weighted by atomic mass is 9.95. The first-order chi connectivity index (χ1) is 18.3. The number of aryl methyl sites for hydroxylation is 2. The van der Waals surface area contributed by atoms with Gasteiger partial charge in [0.25, 0.3) is 0 Å². The van der Waals surface area contributed by atoms with Gasteiger partial charge in [-0.05, 0) is 50.8 Å². The van der Waals surface area contributed by atoms with Crippen LogP contribution in [0.1, 0.15) is 67.3 Å². The van der Waals surface area contributed by atoms with E-state index in [9.17, 15) is 26.7 Å². The maximum atomic E-state index is 14.7. The summed E-state index contributed by atoms with van der Waals surface area (Å²) in [4.78, 5) is 24.1. The van der Waals surface area contributed by atoms with Gasteiger partial charge in [0, 0.05) is 16.7 Å². The van der Waals surface area contributed by atoms with Crippen LogP contribution in [0.5, 0.6) is 0 Å². The fourth-order valence-corrected chi connectivity index (χ4v) is 6.53. The molecule has 0 radical (unpaired) electrons. The average Bonchev–Trinajstić information content (AvgIpc) is 3.44. The summed E-state index contributed by atoms with van der Waals surface area (Å²) in [7, 11) is 0.515. The molecule has 0 N–H and O–H groups in total. The molecule has 3 heterocycles. The number of carbonyl (C=O) groups excluding carboxylic acids is 1. The van der Waals surface area contributed by atoms with Crippen molar-refractivity contribution in [2.45, 2.75) is 71.8 Å². The van der Waals surface area contributed by atoms with Crippen LogP contribution in [0.15, 0.2) is 12.1 Å². The van der Waals surface area contributed by atoms with Crippen molar-refractivity contribution in [2.75, 3.05) is 4.90 Å². The number of anilines is 1. The van der Waals surface area contributed by atoms with E-state index in [0.29, 0.717) is 50.5 Å². The van der Waals surface area contributed by atoms with Gasteiger partial charge in [-0.1, -0.05) is 39.5 Å². The zero-order valence-corrected chi connectivity index (χ0v) is 22.1. The second kappa shape index (κ2) is 10.7. The lowest BCUT2D eigenvalue weighted by molar-refractivity contribution is -0.118. The number of aromatic nitrogens is 2. The smallest absolute Gasteiger partial charge is 0.233 e. The Kier molecular flexibility index (Phi) is 7.49. The lowest BCUT2D eigenvalue weighted by Crippen LogP contribution is -2.39. The summed E-state index contributed by atoms with van der Waals surface area (Å²) in [6, 6.07) is 3.11. The van der Waals surface area contributed by atoms with Crippen LogP contribution in [-0.2, 0) is 37.0 Å². The summed E-state index contributed by atoms with van der Waals surface area (Å²) in [5.41, 5.74) is 1.58. The van der Waals surface area contributed by atoms with Gasteiger partial charge in [0.1, 0.15) is 5.55 Å². The lowest BCUT2D eigenvalue weighted by Gasteiger charge is -2.31. The van der Waals surface area contributed by atoms with E-state index in [-0.39, 0.29) is 16.9 Å². The third-order valence-electron chi connectivity index (χ3n) is 7.44. The Labute approximate surface area is 219 Å². The number of rotatable bonds is 3. The van der Waals surface area contributed by atoms with E-state index >= 15 is 0 Å². The Hall–Kier alpha value is -2.93. The van der Waals surface area contributed by atoms with Gasteiger partial charge in [0.05, 0.1) is 30.0 Å². The van der Waals surface area contributed by atoms with Gasteiger partial charge in [-0.3, -0.25) is 9.69 Å². The Bertz CT molecular complexity index is 1420. The number of amides is 1. The molecule has 6 rings (SSSR count).